The Labute approximate surface area is 106 Å². The van der Waals surface area contributed by atoms with E-state index in [2.05, 4.69) is 27.3 Å². The standard InChI is InChI=1S/C12H18N6/c1-4-5-9-11(13)14-7-15-12(9)16-10-6-18(3)17-8(10)2/h6-7H,4-5H2,1-3H3,(H3,13,14,15,16). The largest absolute Gasteiger partial charge is 0.383 e. The van der Waals surface area contributed by atoms with E-state index in [0.29, 0.717) is 5.82 Å². The predicted molar refractivity (Wildman–Crippen MR) is 71.7 cm³/mol. The first-order valence-corrected chi connectivity index (χ1v) is 5.98. The molecular weight excluding hydrogens is 228 g/mol. The normalized spacial score (nSPS) is 10.6. The van der Waals surface area contributed by atoms with Crippen molar-refractivity contribution in [1.82, 2.24) is 19.7 Å². The van der Waals surface area contributed by atoms with Gasteiger partial charge in [0, 0.05) is 18.8 Å². The molecule has 0 radical (unpaired) electrons. The van der Waals surface area contributed by atoms with Gasteiger partial charge in [0.2, 0.25) is 0 Å². The number of anilines is 3. The number of nitrogens with two attached hydrogens (primary N) is 1. The SMILES string of the molecule is CCCc1c(N)ncnc1Nc1cn(C)nc1C. The van der Waals surface area contributed by atoms with Gasteiger partial charge in [0.25, 0.3) is 0 Å². The first-order valence-electron chi connectivity index (χ1n) is 5.98. The molecule has 0 unspecified atom stereocenters. The highest BCUT2D eigenvalue weighted by molar-refractivity contribution is 5.64. The second kappa shape index (κ2) is 5.03. The van der Waals surface area contributed by atoms with Crippen LogP contribution in [-0.4, -0.2) is 19.7 Å². The van der Waals surface area contributed by atoms with Gasteiger partial charge in [0.1, 0.15) is 18.0 Å². The lowest BCUT2D eigenvalue weighted by molar-refractivity contribution is 0.756. The van der Waals surface area contributed by atoms with Gasteiger partial charge in [-0.3, -0.25) is 4.68 Å². The van der Waals surface area contributed by atoms with Gasteiger partial charge in [-0.05, 0) is 13.3 Å². The third kappa shape index (κ3) is 2.42. The second-order valence-electron chi connectivity index (χ2n) is 4.26. The highest BCUT2D eigenvalue weighted by Gasteiger charge is 2.11. The van der Waals surface area contributed by atoms with Crippen LogP contribution < -0.4 is 11.1 Å². The van der Waals surface area contributed by atoms with Gasteiger partial charge >= 0.3 is 0 Å². The molecule has 2 aromatic heterocycles. The van der Waals surface area contributed by atoms with Gasteiger partial charge in [0.05, 0.1) is 11.4 Å². The molecule has 2 heterocycles. The Hall–Kier alpha value is -2.11. The van der Waals surface area contributed by atoms with Crippen LogP contribution in [0.5, 0.6) is 0 Å². The summed E-state index contributed by atoms with van der Waals surface area (Å²) in [6, 6.07) is 0. The maximum atomic E-state index is 5.89. The average Bonchev–Trinajstić information content (AvgIpc) is 2.62. The van der Waals surface area contributed by atoms with Gasteiger partial charge in [-0.2, -0.15) is 5.10 Å². The number of hydrogen-bond acceptors (Lipinski definition) is 5. The van der Waals surface area contributed by atoms with E-state index in [9.17, 15) is 0 Å². The summed E-state index contributed by atoms with van der Waals surface area (Å²) >= 11 is 0. The Morgan fingerprint density at radius 2 is 2.17 bits per heavy atom. The first kappa shape index (κ1) is 12.3. The molecule has 0 aromatic carbocycles. The van der Waals surface area contributed by atoms with Gasteiger partial charge in [-0.25, -0.2) is 9.97 Å². The topological polar surface area (TPSA) is 81.6 Å². The number of hydrogen-bond donors (Lipinski definition) is 2. The van der Waals surface area contributed by atoms with Crippen molar-refractivity contribution >= 4 is 17.3 Å². The minimum atomic E-state index is 0.538. The number of aromatic nitrogens is 4. The highest BCUT2D eigenvalue weighted by atomic mass is 15.3. The van der Waals surface area contributed by atoms with Crippen LogP contribution in [0.25, 0.3) is 0 Å². The van der Waals surface area contributed by atoms with E-state index in [1.54, 1.807) is 4.68 Å². The number of nitrogens with zero attached hydrogens (tertiary/aromatic N) is 4. The van der Waals surface area contributed by atoms with Gasteiger partial charge < -0.3 is 11.1 Å². The molecule has 0 fully saturated rings. The summed E-state index contributed by atoms with van der Waals surface area (Å²) in [6.07, 6.45) is 5.25. The lowest BCUT2D eigenvalue weighted by atomic mass is 10.1. The van der Waals surface area contributed by atoms with Crippen molar-refractivity contribution in [2.45, 2.75) is 26.7 Å². The van der Waals surface area contributed by atoms with Crippen molar-refractivity contribution in [3.05, 3.63) is 23.8 Å². The first-order chi connectivity index (χ1) is 8.61. The summed E-state index contributed by atoms with van der Waals surface area (Å²) in [5, 5.41) is 7.56. The van der Waals surface area contributed by atoms with E-state index in [1.807, 2.05) is 20.2 Å². The van der Waals surface area contributed by atoms with Crippen LogP contribution in [0.2, 0.25) is 0 Å². The molecule has 6 nitrogen and oxygen atoms in total. The van der Waals surface area contributed by atoms with Crippen LogP contribution in [-0.2, 0) is 13.5 Å². The number of nitrogens with one attached hydrogen (secondary N) is 1. The molecule has 96 valence electrons. The Morgan fingerprint density at radius 1 is 1.39 bits per heavy atom. The van der Waals surface area contributed by atoms with Gasteiger partial charge in [0.15, 0.2) is 0 Å². The van der Waals surface area contributed by atoms with Gasteiger partial charge in [-0.1, -0.05) is 13.3 Å². The summed E-state index contributed by atoms with van der Waals surface area (Å²) in [5.74, 6) is 1.30. The summed E-state index contributed by atoms with van der Waals surface area (Å²) < 4.78 is 1.77. The van der Waals surface area contributed by atoms with Crippen molar-refractivity contribution in [1.29, 1.82) is 0 Å². The molecule has 0 aliphatic heterocycles. The predicted octanol–water partition coefficient (Wildman–Crippen LogP) is 1.80. The van der Waals surface area contributed by atoms with Gasteiger partial charge in [-0.15, -0.1) is 0 Å². The van der Waals surface area contributed by atoms with E-state index >= 15 is 0 Å². The Bertz CT molecular complexity index is 545. The molecule has 0 atom stereocenters. The highest BCUT2D eigenvalue weighted by Crippen LogP contribution is 2.24. The Balaban J connectivity index is 2.34. The third-order valence-electron chi connectivity index (χ3n) is 2.75. The minimum Gasteiger partial charge on any atom is -0.383 e. The summed E-state index contributed by atoms with van der Waals surface area (Å²) in [4.78, 5) is 8.30. The fraction of sp³-hybridized carbons (Fsp3) is 0.417. The van der Waals surface area contributed by atoms with Crippen LogP contribution in [0, 0.1) is 6.92 Å². The van der Waals surface area contributed by atoms with Crippen molar-refractivity contribution in [2.24, 2.45) is 7.05 Å². The van der Waals surface area contributed by atoms with Crippen LogP contribution in [0.4, 0.5) is 17.3 Å². The lowest BCUT2D eigenvalue weighted by Gasteiger charge is -2.10. The maximum absolute atomic E-state index is 5.89. The molecule has 0 saturated heterocycles. The van der Waals surface area contributed by atoms with Crippen LogP contribution in [0.1, 0.15) is 24.6 Å². The molecule has 2 rings (SSSR count). The fourth-order valence-electron chi connectivity index (χ4n) is 1.88. The summed E-state index contributed by atoms with van der Waals surface area (Å²) in [5.41, 5.74) is 8.72. The average molecular weight is 246 g/mol. The quantitative estimate of drug-likeness (QED) is 0.859. The summed E-state index contributed by atoms with van der Waals surface area (Å²) in [7, 11) is 1.89. The molecule has 6 heteroatoms. The third-order valence-corrected chi connectivity index (χ3v) is 2.75. The Morgan fingerprint density at radius 3 is 2.78 bits per heavy atom. The van der Waals surface area contributed by atoms with Crippen molar-refractivity contribution in [3.63, 3.8) is 0 Å². The fourth-order valence-corrected chi connectivity index (χ4v) is 1.88. The van der Waals surface area contributed by atoms with E-state index in [1.165, 1.54) is 6.33 Å². The van der Waals surface area contributed by atoms with E-state index in [4.69, 9.17) is 5.73 Å². The smallest absolute Gasteiger partial charge is 0.139 e. The molecule has 18 heavy (non-hydrogen) atoms. The van der Waals surface area contributed by atoms with E-state index < -0.39 is 0 Å². The number of nitrogen functional groups attached to an aromatic ring is 1. The second-order valence-corrected chi connectivity index (χ2v) is 4.26. The number of rotatable bonds is 4. The van der Waals surface area contributed by atoms with E-state index in [0.717, 1.165) is 35.6 Å². The van der Waals surface area contributed by atoms with E-state index in [-0.39, 0.29) is 0 Å². The van der Waals surface area contributed by atoms with Crippen LogP contribution >= 0.6 is 0 Å². The zero-order chi connectivity index (χ0) is 13.1. The number of aryl methyl sites for hydroxylation is 2. The molecular formula is C12H18N6. The molecule has 3 N–H and O–H groups in total. The molecule has 0 saturated carbocycles. The monoisotopic (exact) mass is 246 g/mol. The van der Waals surface area contributed by atoms with Crippen LogP contribution in [0.15, 0.2) is 12.5 Å². The molecule has 2 aromatic rings. The molecule has 0 spiro atoms. The zero-order valence-electron chi connectivity index (χ0n) is 10.9. The van der Waals surface area contributed by atoms with Crippen LogP contribution in [0.3, 0.4) is 0 Å². The molecule has 0 bridgehead atoms. The van der Waals surface area contributed by atoms with Crippen molar-refractivity contribution in [2.75, 3.05) is 11.1 Å². The maximum Gasteiger partial charge on any atom is 0.139 e. The lowest BCUT2D eigenvalue weighted by Crippen LogP contribution is -2.05. The van der Waals surface area contributed by atoms with Crippen molar-refractivity contribution in [3.8, 4) is 0 Å². The molecule has 0 amide bonds. The Kier molecular flexibility index (Phi) is 3.45. The van der Waals surface area contributed by atoms with Crippen molar-refractivity contribution < 1.29 is 0 Å². The minimum absolute atomic E-state index is 0.538. The zero-order valence-corrected chi connectivity index (χ0v) is 10.9. The summed E-state index contributed by atoms with van der Waals surface area (Å²) in [6.45, 7) is 4.05. The molecule has 0 aliphatic carbocycles. The molecule has 0 aliphatic rings.